The van der Waals surface area contributed by atoms with Crippen molar-refractivity contribution in [3.63, 3.8) is 0 Å². The molecule has 0 aromatic heterocycles. The van der Waals surface area contributed by atoms with E-state index < -0.39 is 16.0 Å². The lowest BCUT2D eigenvalue weighted by Gasteiger charge is -2.29. The molecular weight excluding hydrogens is 284 g/mol. The van der Waals surface area contributed by atoms with Gasteiger partial charge < -0.3 is 9.47 Å². The van der Waals surface area contributed by atoms with Crippen LogP contribution >= 0.6 is 0 Å². The zero-order valence-corrected chi connectivity index (χ0v) is 14.0. The van der Waals surface area contributed by atoms with Crippen molar-refractivity contribution in [2.75, 3.05) is 19.8 Å². The van der Waals surface area contributed by atoms with Crippen LogP contribution in [0.4, 0.5) is 0 Å². The highest BCUT2D eigenvalue weighted by Gasteiger charge is 2.23. The second-order valence-corrected chi connectivity index (χ2v) is 7.06. The molecule has 0 saturated heterocycles. The third-order valence-electron chi connectivity index (χ3n) is 2.83. The van der Waals surface area contributed by atoms with Crippen molar-refractivity contribution in [3.05, 3.63) is 0 Å². The van der Waals surface area contributed by atoms with Gasteiger partial charge >= 0.3 is 10.4 Å². The minimum absolute atomic E-state index is 0.110. The van der Waals surface area contributed by atoms with Gasteiger partial charge in [-0.1, -0.05) is 6.92 Å². The Morgan fingerprint density at radius 1 is 0.900 bits per heavy atom. The first-order chi connectivity index (χ1) is 8.97. The first-order valence-corrected chi connectivity index (χ1v) is 8.24. The van der Waals surface area contributed by atoms with E-state index in [0.717, 1.165) is 19.4 Å². The van der Waals surface area contributed by atoms with E-state index in [4.69, 9.17) is 14.0 Å². The van der Waals surface area contributed by atoms with Crippen LogP contribution in [0.2, 0.25) is 0 Å². The van der Waals surface area contributed by atoms with Gasteiger partial charge in [0.15, 0.2) is 0 Å². The first kappa shape index (κ1) is 19.8. The Kier molecular flexibility index (Phi) is 8.20. The molecule has 0 saturated carbocycles. The Balaban J connectivity index is 3.97. The van der Waals surface area contributed by atoms with Crippen LogP contribution in [0.3, 0.4) is 0 Å². The molecule has 0 spiro atoms. The van der Waals surface area contributed by atoms with Crippen molar-refractivity contribution in [2.24, 2.45) is 0 Å². The molecule has 0 atom stereocenters. The molecule has 1 N–H and O–H groups in total. The van der Waals surface area contributed by atoms with Gasteiger partial charge in [-0.2, -0.15) is 8.42 Å². The van der Waals surface area contributed by atoms with Gasteiger partial charge in [-0.05, 0) is 40.5 Å². The maximum Gasteiger partial charge on any atom is 0.397 e. The summed E-state index contributed by atoms with van der Waals surface area (Å²) in [5, 5.41) is 0. The molecule has 20 heavy (non-hydrogen) atoms. The van der Waals surface area contributed by atoms with Crippen LogP contribution in [-0.4, -0.2) is 44.0 Å². The SMILES string of the molecule is CCCOC(C)(C)CCOC(C)(C)CCOS(=O)(=O)O. The van der Waals surface area contributed by atoms with Crippen molar-refractivity contribution in [3.8, 4) is 0 Å². The van der Waals surface area contributed by atoms with Gasteiger partial charge in [0.05, 0.1) is 24.4 Å². The number of rotatable bonds is 11. The highest BCUT2D eigenvalue weighted by molar-refractivity contribution is 7.80. The average molecular weight is 312 g/mol. The van der Waals surface area contributed by atoms with Crippen molar-refractivity contribution in [1.82, 2.24) is 0 Å². The lowest BCUT2D eigenvalue weighted by molar-refractivity contribution is -0.0767. The summed E-state index contributed by atoms with van der Waals surface area (Å²) >= 11 is 0. The summed E-state index contributed by atoms with van der Waals surface area (Å²) in [7, 11) is -4.38. The third-order valence-corrected chi connectivity index (χ3v) is 3.29. The maximum absolute atomic E-state index is 10.4. The van der Waals surface area contributed by atoms with Crippen LogP contribution in [0.5, 0.6) is 0 Å². The van der Waals surface area contributed by atoms with E-state index in [2.05, 4.69) is 11.1 Å². The summed E-state index contributed by atoms with van der Waals surface area (Å²) in [4.78, 5) is 0. The molecule has 6 nitrogen and oxygen atoms in total. The van der Waals surface area contributed by atoms with Gasteiger partial charge in [0.2, 0.25) is 0 Å². The van der Waals surface area contributed by atoms with E-state index in [1.54, 1.807) is 0 Å². The van der Waals surface area contributed by atoms with Crippen molar-refractivity contribution in [2.45, 2.75) is 65.1 Å². The lowest BCUT2D eigenvalue weighted by atomic mass is 10.0. The molecule has 0 radical (unpaired) electrons. The summed E-state index contributed by atoms with van der Waals surface area (Å²) in [5.74, 6) is 0. The Hall–Kier alpha value is -0.210. The van der Waals surface area contributed by atoms with Gasteiger partial charge in [0.25, 0.3) is 0 Å². The summed E-state index contributed by atoms with van der Waals surface area (Å²) in [5.41, 5.74) is -0.761. The van der Waals surface area contributed by atoms with Crippen molar-refractivity contribution >= 4 is 10.4 Å². The molecule has 0 fully saturated rings. The Morgan fingerprint density at radius 3 is 1.80 bits per heavy atom. The molecule has 0 aromatic rings. The average Bonchev–Trinajstić information content (AvgIpc) is 2.23. The van der Waals surface area contributed by atoms with Crippen LogP contribution in [0.1, 0.15) is 53.9 Å². The zero-order valence-electron chi connectivity index (χ0n) is 13.1. The van der Waals surface area contributed by atoms with Crippen LogP contribution in [0.15, 0.2) is 0 Å². The lowest BCUT2D eigenvalue weighted by Crippen LogP contribution is -2.32. The summed E-state index contributed by atoms with van der Waals surface area (Å²) in [6, 6.07) is 0. The molecule has 0 unspecified atom stereocenters. The van der Waals surface area contributed by atoms with Gasteiger partial charge in [-0.3, -0.25) is 4.55 Å². The van der Waals surface area contributed by atoms with E-state index in [-0.39, 0.29) is 12.2 Å². The van der Waals surface area contributed by atoms with E-state index in [9.17, 15) is 8.42 Å². The monoisotopic (exact) mass is 312 g/mol. The van der Waals surface area contributed by atoms with E-state index >= 15 is 0 Å². The molecule has 0 aliphatic rings. The molecule has 0 aromatic carbocycles. The van der Waals surface area contributed by atoms with E-state index in [1.807, 2.05) is 27.7 Å². The van der Waals surface area contributed by atoms with Gasteiger partial charge in [-0.15, -0.1) is 0 Å². The van der Waals surface area contributed by atoms with Crippen LogP contribution < -0.4 is 0 Å². The largest absolute Gasteiger partial charge is 0.397 e. The maximum atomic E-state index is 10.4. The Labute approximate surface area is 122 Å². The fourth-order valence-corrected chi connectivity index (χ4v) is 1.78. The summed E-state index contributed by atoms with van der Waals surface area (Å²) < 4.78 is 45.1. The second kappa shape index (κ2) is 8.29. The molecule has 0 heterocycles. The molecule has 7 heteroatoms. The number of ether oxygens (including phenoxy) is 2. The predicted molar refractivity (Wildman–Crippen MR) is 77.1 cm³/mol. The van der Waals surface area contributed by atoms with Crippen molar-refractivity contribution < 1.29 is 26.6 Å². The van der Waals surface area contributed by atoms with Gasteiger partial charge in [0, 0.05) is 13.0 Å². The fourth-order valence-electron chi connectivity index (χ4n) is 1.49. The molecule has 0 aliphatic heterocycles. The molecular formula is C13H28O6S. The van der Waals surface area contributed by atoms with Crippen molar-refractivity contribution in [1.29, 1.82) is 0 Å². The third kappa shape index (κ3) is 11.6. The highest BCUT2D eigenvalue weighted by atomic mass is 32.3. The van der Waals surface area contributed by atoms with Gasteiger partial charge in [0.1, 0.15) is 0 Å². The van der Waals surface area contributed by atoms with Crippen LogP contribution in [-0.2, 0) is 24.1 Å². The minimum Gasteiger partial charge on any atom is -0.375 e. The molecule has 0 bridgehead atoms. The zero-order chi connectivity index (χ0) is 15.9. The quantitative estimate of drug-likeness (QED) is 0.590. The van der Waals surface area contributed by atoms with E-state index in [1.165, 1.54) is 0 Å². The van der Waals surface area contributed by atoms with E-state index in [0.29, 0.717) is 13.0 Å². The standard InChI is InChI=1S/C13H28O6S/c1-6-9-17-12(2,3)7-10-18-13(4,5)8-11-19-20(14,15)16/h6-11H2,1-5H3,(H,14,15,16). The smallest absolute Gasteiger partial charge is 0.375 e. The summed E-state index contributed by atoms with van der Waals surface area (Å²) in [6.07, 6.45) is 2.08. The Bertz CT molecular complexity index is 361. The molecule has 0 rings (SSSR count). The van der Waals surface area contributed by atoms with Crippen LogP contribution in [0.25, 0.3) is 0 Å². The highest BCUT2D eigenvalue weighted by Crippen LogP contribution is 2.19. The summed E-state index contributed by atoms with van der Waals surface area (Å²) in [6.45, 7) is 10.9. The second-order valence-electron chi connectivity index (χ2n) is 5.97. The van der Waals surface area contributed by atoms with Crippen LogP contribution in [0, 0.1) is 0 Å². The number of hydrogen-bond acceptors (Lipinski definition) is 5. The molecule has 0 amide bonds. The first-order valence-electron chi connectivity index (χ1n) is 6.87. The molecule has 122 valence electrons. The molecule has 0 aliphatic carbocycles. The normalized spacial score (nSPS) is 13.7. The topological polar surface area (TPSA) is 82.1 Å². The number of hydrogen-bond donors (Lipinski definition) is 1. The fraction of sp³-hybridized carbons (Fsp3) is 1.00. The predicted octanol–water partition coefficient (Wildman–Crippen LogP) is 2.59. The minimum atomic E-state index is -4.38. The van der Waals surface area contributed by atoms with Gasteiger partial charge in [-0.25, -0.2) is 4.18 Å². The Morgan fingerprint density at radius 2 is 1.35 bits per heavy atom.